The fourth-order valence-corrected chi connectivity index (χ4v) is 5.73. The number of amides is 2. The third-order valence-electron chi connectivity index (χ3n) is 7.07. The molecule has 2 aromatic carbocycles. The fraction of sp³-hybridized carbons (Fsp3) is 0.414. The number of benzene rings is 2. The first-order valence-electron chi connectivity index (χ1n) is 13.0. The second-order valence-electron chi connectivity index (χ2n) is 9.53. The number of ether oxygens (including phenoxy) is 4. The van der Waals surface area contributed by atoms with Gasteiger partial charge in [-0.05, 0) is 54.3 Å². The molecule has 0 spiro atoms. The van der Waals surface area contributed by atoms with Gasteiger partial charge in [0.2, 0.25) is 11.8 Å². The van der Waals surface area contributed by atoms with E-state index in [9.17, 15) is 9.59 Å². The lowest BCUT2D eigenvalue weighted by atomic mass is 9.87. The number of aryl methyl sites for hydroxylation is 1. The van der Waals surface area contributed by atoms with Gasteiger partial charge in [0.15, 0.2) is 11.5 Å². The first kappa shape index (κ1) is 27.0. The molecule has 2 bridgehead atoms. The molecule has 10 heteroatoms. The van der Waals surface area contributed by atoms with Crippen LogP contribution >= 0.6 is 11.3 Å². The molecule has 0 fully saturated rings. The molecule has 9 nitrogen and oxygen atoms in total. The van der Waals surface area contributed by atoms with Gasteiger partial charge >= 0.3 is 0 Å². The Morgan fingerprint density at radius 3 is 2.56 bits per heavy atom. The van der Waals surface area contributed by atoms with Crippen molar-refractivity contribution >= 4 is 23.2 Å². The summed E-state index contributed by atoms with van der Waals surface area (Å²) in [6, 6.07) is 11.4. The lowest BCUT2D eigenvalue weighted by Crippen LogP contribution is -2.48. The first-order chi connectivity index (χ1) is 19.0. The van der Waals surface area contributed by atoms with Crippen molar-refractivity contribution in [3.8, 4) is 17.2 Å². The minimum Gasteiger partial charge on any atom is -0.493 e. The number of rotatable bonds is 4. The largest absolute Gasteiger partial charge is 0.493 e. The van der Waals surface area contributed by atoms with Crippen LogP contribution in [0, 0.1) is 6.92 Å². The molecule has 39 heavy (non-hydrogen) atoms. The van der Waals surface area contributed by atoms with Crippen LogP contribution in [0.25, 0.3) is 0 Å². The van der Waals surface area contributed by atoms with Gasteiger partial charge in [-0.2, -0.15) is 0 Å². The normalized spacial score (nSPS) is 17.9. The van der Waals surface area contributed by atoms with Crippen molar-refractivity contribution in [2.45, 2.75) is 25.8 Å². The number of hydrogen-bond donors (Lipinski definition) is 0. The van der Waals surface area contributed by atoms with Crippen molar-refractivity contribution in [2.24, 2.45) is 0 Å². The fourth-order valence-electron chi connectivity index (χ4n) is 5.12. The molecular weight excluding hydrogens is 518 g/mol. The lowest BCUT2D eigenvalue weighted by molar-refractivity contribution is -0.142. The Hall–Kier alpha value is -3.63. The third-order valence-corrected chi connectivity index (χ3v) is 7.89. The predicted octanol–water partition coefficient (Wildman–Crippen LogP) is 3.42. The number of thiazole rings is 1. The zero-order valence-corrected chi connectivity index (χ0v) is 23.3. The molecule has 1 atom stereocenters. The van der Waals surface area contributed by atoms with Gasteiger partial charge in [0, 0.05) is 18.5 Å². The van der Waals surface area contributed by atoms with Crippen molar-refractivity contribution in [2.75, 3.05) is 53.7 Å². The van der Waals surface area contributed by atoms with Crippen LogP contribution in [0.2, 0.25) is 0 Å². The second kappa shape index (κ2) is 12.0. The van der Waals surface area contributed by atoms with Crippen molar-refractivity contribution in [1.82, 2.24) is 14.8 Å². The van der Waals surface area contributed by atoms with Crippen LogP contribution in [0.1, 0.15) is 33.4 Å². The first-order valence-corrected chi connectivity index (χ1v) is 13.9. The maximum absolute atomic E-state index is 13.9. The smallest absolute Gasteiger partial charge is 0.242 e. The summed E-state index contributed by atoms with van der Waals surface area (Å²) >= 11 is 1.51. The molecule has 0 saturated carbocycles. The maximum Gasteiger partial charge on any atom is 0.242 e. The van der Waals surface area contributed by atoms with Gasteiger partial charge in [-0.25, -0.2) is 4.98 Å². The molecule has 3 aromatic rings. The highest BCUT2D eigenvalue weighted by Crippen LogP contribution is 2.41. The van der Waals surface area contributed by atoms with Gasteiger partial charge in [0.1, 0.15) is 12.4 Å². The van der Waals surface area contributed by atoms with Crippen molar-refractivity contribution in [3.63, 3.8) is 0 Å². The van der Waals surface area contributed by atoms with Gasteiger partial charge in [0.05, 0.1) is 57.1 Å². The molecule has 1 unspecified atom stereocenters. The number of aromatic nitrogens is 1. The monoisotopic (exact) mass is 551 g/mol. The van der Waals surface area contributed by atoms with Crippen molar-refractivity contribution in [3.05, 3.63) is 69.2 Å². The van der Waals surface area contributed by atoms with Crippen molar-refractivity contribution < 1.29 is 28.5 Å². The van der Waals surface area contributed by atoms with E-state index in [2.05, 4.69) is 4.98 Å². The number of carbonyl (C=O) groups is 2. The number of fused-ring (bicyclic) bond motifs is 11. The summed E-state index contributed by atoms with van der Waals surface area (Å²) in [4.78, 5) is 35.2. The molecule has 206 valence electrons. The molecule has 1 aromatic heterocycles. The molecule has 4 heterocycles. The SMILES string of the molecule is COc1cc2c(cc1OC)C1c3ccc(cc3)OCCOCCN(C(=O)Cc3csc(C)n3)CC(=O)N1CC2. The number of hydrogen-bond acceptors (Lipinski definition) is 8. The highest BCUT2D eigenvalue weighted by Gasteiger charge is 2.34. The van der Waals surface area contributed by atoms with Crippen LogP contribution in [0.5, 0.6) is 17.2 Å². The standard InChI is InChI=1S/C29H33N3O6S/c1-19-30-22(18-39-19)15-27(33)31-10-11-37-12-13-38-23-6-4-20(5-7-23)29-24-16-26(36-3)25(35-2)14-21(24)8-9-32(29)28(34)17-31/h4-7,14,16,18,29H,8-13,15,17H2,1-3H3. The van der Waals surface area contributed by atoms with E-state index >= 15 is 0 Å². The van der Waals surface area contributed by atoms with Crippen LogP contribution < -0.4 is 14.2 Å². The van der Waals surface area contributed by atoms with Gasteiger partial charge in [-0.15, -0.1) is 11.3 Å². The van der Waals surface area contributed by atoms with Crippen LogP contribution in [0.15, 0.2) is 41.8 Å². The van der Waals surface area contributed by atoms with E-state index in [1.807, 2.05) is 53.6 Å². The summed E-state index contributed by atoms with van der Waals surface area (Å²) in [5.41, 5.74) is 3.74. The Morgan fingerprint density at radius 2 is 1.85 bits per heavy atom. The Bertz CT molecular complexity index is 1330. The minimum absolute atomic E-state index is 0.0426. The molecule has 0 saturated heterocycles. The Kier molecular flexibility index (Phi) is 8.33. The highest BCUT2D eigenvalue weighted by atomic mass is 32.1. The number of carbonyl (C=O) groups excluding carboxylic acids is 2. The quantitative estimate of drug-likeness (QED) is 0.459. The molecule has 6 rings (SSSR count). The van der Waals surface area contributed by atoms with E-state index < -0.39 is 0 Å². The summed E-state index contributed by atoms with van der Waals surface area (Å²) in [5.74, 6) is 1.72. The Labute approximate surface area is 232 Å². The Morgan fingerprint density at radius 1 is 1.08 bits per heavy atom. The summed E-state index contributed by atoms with van der Waals surface area (Å²) < 4.78 is 22.7. The third kappa shape index (κ3) is 6.02. The summed E-state index contributed by atoms with van der Waals surface area (Å²) in [7, 11) is 3.22. The molecule has 0 N–H and O–H groups in total. The zero-order chi connectivity index (χ0) is 27.4. The van der Waals surface area contributed by atoms with E-state index in [4.69, 9.17) is 18.9 Å². The van der Waals surface area contributed by atoms with E-state index in [1.54, 1.807) is 19.1 Å². The van der Waals surface area contributed by atoms with Crippen molar-refractivity contribution in [1.29, 1.82) is 0 Å². The average molecular weight is 552 g/mol. The highest BCUT2D eigenvalue weighted by molar-refractivity contribution is 7.09. The van der Waals surface area contributed by atoms with E-state index in [1.165, 1.54) is 11.3 Å². The minimum atomic E-state index is -0.352. The summed E-state index contributed by atoms with van der Waals surface area (Å²) in [5, 5.41) is 2.79. The lowest BCUT2D eigenvalue weighted by Gasteiger charge is -2.39. The van der Waals surface area contributed by atoms with Gasteiger partial charge in [0.25, 0.3) is 0 Å². The predicted molar refractivity (Wildman–Crippen MR) is 147 cm³/mol. The number of nitrogens with zero attached hydrogens (tertiary/aromatic N) is 3. The molecule has 0 radical (unpaired) electrons. The zero-order valence-electron chi connectivity index (χ0n) is 22.5. The average Bonchev–Trinajstić information content (AvgIpc) is 3.36. The number of methoxy groups -OCH3 is 2. The topological polar surface area (TPSA) is 90.4 Å². The second-order valence-corrected chi connectivity index (χ2v) is 10.6. The molecular formula is C29H33N3O6S. The molecule has 3 aliphatic rings. The van der Waals surface area contributed by atoms with E-state index in [0.29, 0.717) is 56.5 Å². The van der Waals surface area contributed by atoms with Crippen LogP contribution in [0.3, 0.4) is 0 Å². The van der Waals surface area contributed by atoms with Gasteiger partial charge in [-0.1, -0.05) is 12.1 Å². The van der Waals surface area contributed by atoms with Crippen LogP contribution in [-0.2, 0) is 27.2 Å². The summed E-state index contributed by atoms with van der Waals surface area (Å²) in [6.45, 7) is 3.75. The maximum atomic E-state index is 13.9. The molecule has 2 amide bonds. The summed E-state index contributed by atoms with van der Waals surface area (Å²) in [6.07, 6.45) is 0.805. The molecule has 3 aliphatic heterocycles. The molecule has 0 aliphatic carbocycles. The van der Waals surface area contributed by atoms with Gasteiger partial charge < -0.3 is 28.7 Å². The van der Waals surface area contributed by atoms with E-state index in [0.717, 1.165) is 27.4 Å². The Balaban J connectivity index is 1.50. The van der Waals surface area contributed by atoms with E-state index in [-0.39, 0.29) is 30.8 Å². The van der Waals surface area contributed by atoms with Crippen LogP contribution in [0.4, 0.5) is 0 Å². The van der Waals surface area contributed by atoms with Crippen LogP contribution in [-0.4, -0.2) is 80.3 Å². The van der Waals surface area contributed by atoms with Gasteiger partial charge in [-0.3, -0.25) is 9.59 Å².